The first kappa shape index (κ1) is 22.6. The van der Waals surface area contributed by atoms with Gasteiger partial charge in [-0.15, -0.1) is 0 Å². The van der Waals surface area contributed by atoms with Crippen LogP contribution in [0.2, 0.25) is 0 Å². The van der Waals surface area contributed by atoms with Crippen LogP contribution in [0.25, 0.3) is 0 Å². The number of ether oxygens (including phenoxy) is 4. The first-order chi connectivity index (χ1) is 15.0. The second kappa shape index (κ2) is 10.3. The van der Waals surface area contributed by atoms with Gasteiger partial charge < -0.3 is 29.2 Å². The molecule has 0 aliphatic carbocycles. The zero-order valence-corrected chi connectivity index (χ0v) is 18.2. The minimum atomic E-state index is -0.734. The van der Waals surface area contributed by atoms with Gasteiger partial charge in [-0.1, -0.05) is 24.3 Å². The van der Waals surface area contributed by atoms with E-state index in [1.807, 2.05) is 24.3 Å². The van der Waals surface area contributed by atoms with Crippen molar-refractivity contribution in [3.05, 3.63) is 59.2 Å². The molecule has 0 saturated carbocycles. The summed E-state index contributed by atoms with van der Waals surface area (Å²) < 4.78 is 21.1. The van der Waals surface area contributed by atoms with E-state index in [-0.39, 0.29) is 18.4 Å². The number of methoxy groups -OCH3 is 4. The molecular weight excluding hydrogens is 400 g/mol. The molecular formula is C23H28N2O6. The van der Waals surface area contributed by atoms with Gasteiger partial charge in [0, 0.05) is 26.3 Å². The van der Waals surface area contributed by atoms with Gasteiger partial charge in [0.05, 0.1) is 20.8 Å². The van der Waals surface area contributed by atoms with Crippen LogP contribution in [0.1, 0.15) is 27.5 Å². The number of carbonyl (C=O) groups is 2. The number of nitrogens with zero attached hydrogens (tertiary/aromatic N) is 1. The van der Waals surface area contributed by atoms with Crippen molar-refractivity contribution in [3.63, 3.8) is 0 Å². The van der Waals surface area contributed by atoms with Crippen molar-refractivity contribution in [2.24, 2.45) is 0 Å². The Morgan fingerprint density at radius 2 is 1.74 bits per heavy atom. The SMILES string of the molecule is COc1ccc(CCNC(=O)C2c3ccccc3C(=O)N2CC(OC)OC)cc1OC. The molecule has 3 rings (SSSR count). The molecule has 0 aromatic heterocycles. The molecule has 0 spiro atoms. The molecule has 1 aliphatic rings. The van der Waals surface area contributed by atoms with Crippen molar-refractivity contribution in [1.29, 1.82) is 0 Å². The van der Waals surface area contributed by atoms with E-state index in [9.17, 15) is 9.59 Å². The van der Waals surface area contributed by atoms with Crippen molar-refractivity contribution in [1.82, 2.24) is 10.2 Å². The third-order valence-electron chi connectivity index (χ3n) is 5.34. The van der Waals surface area contributed by atoms with Gasteiger partial charge in [-0.3, -0.25) is 9.59 Å². The van der Waals surface area contributed by atoms with Crippen molar-refractivity contribution in [3.8, 4) is 11.5 Å². The van der Waals surface area contributed by atoms with Gasteiger partial charge in [-0.25, -0.2) is 0 Å². The highest BCUT2D eigenvalue weighted by molar-refractivity contribution is 6.04. The van der Waals surface area contributed by atoms with Crippen LogP contribution in [-0.2, 0) is 20.7 Å². The van der Waals surface area contributed by atoms with Gasteiger partial charge in [0.1, 0.15) is 6.04 Å². The molecule has 2 amide bonds. The highest BCUT2D eigenvalue weighted by Gasteiger charge is 2.41. The van der Waals surface area contributed by atoms with Crippen LogP contribution in [-0.4, -0.2) is 64.5 Å². The van der Waals surface area contributed by atoms with Crippen LogP contribution in [0.15, 0.2) is 42.5 Å². The molecule has 8 heteroatoms. The molecule has 0 saturated heterocycles. The van der Waals surface area contributed by atoms with Gasteiger partial charge in [-0.2, -0.15) is 0 Å². The average Bonchev–Trinajstić information content (AvgIpc) is 3.08. The van der Waals surface area contributed by atoms with E-state index >= 15 is 0 Å². The van der Waals surface area contributed by atoms with Crippen LogP contribution in [0.3, 0.4) is 0 Å². The second-order valence-corrected chi connectivity index (χ2v) is 7.08. The maximum Gasteiger partial charge on any atom is 0.255 e. The monoisotopic (exact) mass is 428 g/mol. The summed E-state index contributed by atoms with van der Waals surface area (Å²) >= 11 is 0. The lowest BCUT2D eigenvalue weighted by atomic mass is 10.0. The zero-order chi connectivity index (χ0) is 22.4. The highest BCUT2D eigenvalue weighted by Crippen LogP contribution is 2.34. The van der Waals surface area contributed by atoms with Gasteiger partial charge in [-0.05, 0) is 35.7 Å². The van der Waals surface area contributed by atoms with Gasteiger partial charge >= 0.3 is 0 Å². The standard InChI is InChI=1S/C23H28N2O6/c1-28-18-10-9-15(13-19(18)29-2)11-12-24-22(26)21-16-7-5-6-8-17(16)23(27)25(21)14-20(30-3)31-4/h5-10,13,20-21H,11-12,14H2,1-4H3,(H,24,26). The number of fused-ring (bicyclic) bond motifs is 1. The van der Waals surface area contributed by atoms with Crippen LogP contribution in [0, 0.1) is 0 Å². The Kier molecular flexibility index (Phi) is 7.49. The lowest BCUT2D eigenvalue weighted by Gasteiger charge is -2.27. The molecule has 2 aromatic carbocycles. The Morgan fingerprint density at radius 3 is 2.42 bits per heavy atom. The average molecular weight is 428 g/mol. The lowest BCUT2D eigenvalue weighted by molar-refractivity contribution is -0.132. The van der Waals surface area contributed by atoms with Crippen molar-refractivity contribution in [2.45, 2.75) is 18.8 Å². The van der Waals surface area contributed by atoms with Crippen LogP contribution in [0.5, 0.6) is 11.5 Å². The zero-order valence-electron chi connectivity index (χ0n) is 18.2. The number of amides is 2. The third kappa shape index (κ3) is 4.81. The Bertz CT molecular complexity index is 928. The number of hydrogen-bond acceptors (Lipinski definition) is 6. The van der Waals surface area contributed by atoms with Crippen molar-refractivity contribution >= 4 is 11.8 Å². The summed E-state index contributed by atoms with van der Waals surface area (Å²) in [5, 5.41) is 2.95. The van der Waals surface area contributed by atoms with E-state index in [0.717, 1.165) is 5.56 Å². The molecule has 2 aromatic rings. The predicted octanol–water partition coefficient (Wildman–Crippen LogP) is 2.18. The minimum Gasteiger partial charge on any atom is -0.493 e. The fourth-order valence-corrected chi connectivity index (χ4v) is 3.71. The number of benzene rings is 2. The summed E-state index contributed by atoms with van der Waals surface area (Å²) in [7, 11) is 6.17. The summed E-state index contributed by atoms with van der Waals surface area (Å²) in [5.41, 5.74) is 2.20. The molecule has 1 unspecified atom stereocenters. The number of nitrogens with one attached hydrogen (secondary N) is 1. The van der Waals surface area contributed by atoms with E-state index in [1.165, 1.54) is 19.1 Å². The molecule has 1 heterocycles. The summed E-state index contributed by atoms with van der Waals surface area (Å²) in [5.74, 6) is 0.829. The first-order valence-electron chi connectivity index (χ1n) is 9.98. The van der Waals surface area contributed by atoms with Gasteiger partial charge in [0.25, 0.3) is 5.91 Å². The Balaban J connectivity index is 1.71. The van der Waals surface area contributed by atoms with E-state index in [0.29, 0.717) is 35.6 Å². The maximum absolute atomic E-state index is 13.1. The summed E-state index contributed by atoms with van der Waals surface area (Å²) in [6.07, 6.45) is -0.0204. The molecule has 1 aliphatic heterocycles. The topological polar surface area (TPSA) is 86.3 Å². The molecule has 31 heavy (non-hydrogen) atoms. The van der Waals surface area contributed by atoms with Gasteiger partial charge in [0.15, 0.2) is 17.8 Å². The second-order valence-electron chi connectivity index (χ2n) is 7.08. The van der Waals surface area contributed by atoms with Gasteiger partial charge in [0.2, 0.25) is 5.91 Å². The molecule has 166 valence electrons. The first-order valence-corrected chi connectivity index (χ1v) is 9.98. The fourth-order valence-electron chi connectivity index (χ4n) is 3.71. The summed E-state index contributed by atoms with van der Waals surface area (Å²) in [6, 6.07) is 12.1. The maximum atomic E-state index is 13.1. The van der Waals surface area contributed by atoms with E-state index in [4.69, 9.17) is 18.9 Å². The minimum absolute atomic E-state index is 0.147. The summed E-state index contributed by atoms with van der Waals surface area (Å²) in [4.78, 5) is 27.5. The molecule has 1 atom stereocenters. The van der Waals surface area contributed by atoms with Crippen LogP contribution < -0.4 is 14.8 Å². The number of hydrogen-bond donors (Lipinski definition) is 1. The molecule has 1 N–H and O–H groups in total. The molecule has 0 bridgehead atoms. The van der Waals surface area contributed by atoms with E-state index in [1.54, 1.807) is 32.4 Å². The normalized spacial score (nSPS) is 15.2. The van der Waals surface area contributed by atoms with E-state index < -0.39 is 12.3 Å². The van der Waals surface area contributed by atoms with Crippen molar-refractivity contribution < 1.29 is 28.5 Å². The van der Waals surface area contributed by atoms with Crippen molar-refractivity contribution in [2.75, 3.05) is 41.5 Å². The quantitative estimate of drug-likeness (QED) is 0.584. The molecule has 8 nitrogen and oxygen atoms in total. The van der Waals surface area contributed by atoms with Crippen LogP contribution in [0.4, 0.5) is 0 Å². The predicted molar refractivity (Wildman–Crippen MR) is 114 cm³/mol. The molecule has 0 fully saturated rings. The summed E-state index contributed by atoms with van der Waals surface area (Å²) in [6.45, 7) is 0.557. The molecule has 0 radical (unpaired) electrons. The van der Waals surface area contributed by atoms with E-state index in [2.05, 4.69) is 5.32 Å². The lowest BCUT2D eigenvalue weighted by Crippen LogP contribution is -2.43. The third-order valence-corrected chi connectivity index (χ3v) is 5.34. The largest absolute Gasteiger partial charge is 0.493 e. The smallest absolute Gasteiger partial charge is 0.255 e. The van der Waals surface area contributed by atoms with Crippen LogP contribution >= 0.6 is 0 Å². The number of rotatable bonds is 10. The highest BCUT2D eigenvalue weighted by atomic mass is 16.7. The Hall–Kier alpha value is -3.10. The Labute approximate surface area is 182 Å². The number of carbonyl (C=O) groups excluding carboxylic acids is 2. The fraction of sp³-hybridized carbons (Fsp3) is 0.391. The Morgan fingerprint density at radius 1 is 1.03 bits per heavy atom.